The fourth-order valence-corrected chi connectivity index (χ4v) is 5.79. The molecule has 0 aliphatic carbocycles. The smallest absolute Gasteiger partial charge is 0.153 e. The van der Waals surface area contributed by atoms with Gasteiger partial charge in [0.05, 0.1) is 22.8 Å². The van der Waals surface area contributed by atoms with Gasteiger partial charge < -0.3 is 20.3 Å². The third-order valence-corrected chi connectivity index (χ3v) is 7.90. The molecule has 2 saturated heterocycles. The summed E-state index contributed by atoms with van der Waals surface area (Å²) in [6.45, 7) is 5.42. The van der Waals surface area contributed by atoms with Gasteiger partial charge in [-0.25, -0.2) is 18.4 Å². The van der Waals surface area contributed by atoms with Crippen LogP contribution in [0.4, 0.5) is 17.3 Å². The second kappa shape index (κ2) is 7.70. The predicted octanol–water partition coefficient (Wildman–Crippen LogP) is 2.12. The van der Waals surface area contributed by atoms with Crippen LogP contribution in [0.3, 0.4) is 0 Å². The number of hydrogen-bond donors (Lipinski definition) is 2. The van der Waals surface area contributed by atoms with Gasteiger partial charge in [0, 0.05) is 13.1 Å². The first-order valence-corrected chi connectivity index (χ1v) is 12.4. The molecule has 2 N–H and O–H groups in total. The Balaban J connectivity index is 1.47. The van der Waals surface area contributed by atoms with Gasteiger partial charge in [0.25, 0.3) is 0 Å². The largest absolute Gasteiger partial charge is 0.486 e. The Morgan fingerprint density at radius 1 is 1.13 bits per heavy atom. The summed E-state index contributed by atoms with van der Waals surface area (Å²) in [6.07, 6.45) is 3.82. The van der Waals surface area contributed by atoms with Crippen LogP contribution in [0.25, 0.3) is 0 Å². The summed E-state index contributed by atoms with van der Waals surface area (Å²) >= 11 is 0. The first kappa shape index (κ1) is 19.6. The maximum Gasteiger partial charge on any atom is 0.153 e. The molecule has 0 bridgehead atoms. The molecule has 0 amide bonds. The third-order valence-electron chi connectivity index (χ3n) is 6.29. The SMILES string of the molecule is Cc1cc(C2CCNCC2)cc2c1OCc1c(ncnc1N1CCS(=O)(=O)CC1)N2. The Bertz CT molecular complexity index is 1050. The van der Waals surface area contributed by atoms with E-state index in [9.17, 15) is 8.42 Å². The first-order valence-electron chi connectivity index (χ1n) is 10.5. The van der Waals surface area contributed by atoms with E-state index < -0.39 is 9.84 Å². The number of rotatable bonds is 2. The molecule has 0 radical (unpaired) electrons. The standard InChI is InChI=1S/C21H27N5O3S/c1-14-10-16(15-2-4-22-5-3-15)11-18-19(14)29-12-17-20(25-18)23-13-24-21(17)26-6-8-30(27,28)9-7-26/h10-11,13,15,22H,2-9,12H2,1H3,(H,23,24,25). The highest BCUT2D eigenvalue weighted by Gasteiger charge is 2.28. The molecular formula is C21H27N5O3S. The lowest BCUT2D eigenvalue weighted by Crippen LogP contribution is -2.41. The zero-order valence-electron chi connectivity index (χ0n) is 17.1. The summed E-state index contributed by atoms with van der Waals surface area (Å²) in [6, 6.07) is 4.44. The minimum Gasteiger partial charge on any atom is -0.486 e. The number of nitrogens with one attached hydrogen (secondary N) is 2. The molecule has 0 unspecified atom stereocenters. The number of benzene rings is 1. The third kappa shape index (κ3) is 3.72. The highest BCUT2D eigenvalue weighted by molar-refractivity contribution is 7.91. The number of piperidine rings is 1. The molecule has 9 heteroatoms. The maximum atomic E-state index is 11.8. The number of sulfone groups is 1. The van der Waals surface area contributed by atoms with Crippen LogP contribution in [0.2, 0.25) is 0 Å². The highest BCUT2D eigenvalue weighted by atomic mass is 32.2. The van der Waals surface area contributed by atoms with Crippen LogP contribution in [0, 0.1) is 6.92 Å². The van der Waals surface area contributed by atoms with Gasteiger partial charge in [-0.2, -0.15) is 0 Å². The van der Waals surface area contributed by atoms with Crippen molar-refractivity contribution in [3.63, 3.8) is 0 Å². The molecule has 3 aliphatic heterocycles. The fraction of sp³-hybridized carbons (Fsp3) is 0.524. The van der Waals surface area contributed by atoms with Crippen molar-refractivity contribution in [3.05, 3.63) is 35.2 Å². The minimum absolute atomic E-state index is 0.152. The van der Waals surface area contributed by atoms with Crippen LogP contribution in [0.5, 0.6) is 5.75 Å². The van der Waals surface area contributed by atoms with Gasteiger partial charge in [-0.15, -0.1) is 0 Å². The lowest BCUT2D eigenvalue weighted by atomic mass is 9.89. The van der Waals surface area contributed by atoms with Crippen LogP contribution in [-0.2, 0) is 16.4 Å². The van der Waals surface area contributed by atoms with Gasteiger partial charge >= 0.3 is 0 Å². The van der Waals surface area contributed by atoms with Crippen LogP contribution >= 0.6 is 0 Å². The molecule has 1 aromatic carbocycles. The fourth-order valence-electron chi connectivity index (χ4n) is 4.59. The lowest BCUT2D eigenvalue weighted by Gasteiger charge is -2.29. The normalized spacial score (nSPS) is 21.0. The minimum atomic E-state index is -2.95. The van der Waals surface area contributed by atoms with Gasteiger partial charge in [-0.05, 0) is 56.0 Å². The second-order valence-corrected chi connectivity index (χ2v) is 10.6. The van der Waals surface area contributed by atoms with Crippen molar-refractivity contribution < 1.29 is 13.2 Å². The van der Waals surface area contributed by atoms with Crippen LogP contribution in [0.1, 0.15) is 35.4 Å². The summed E-state index contributed by atoms with van der Waals surface area (Å²) in [7, 11) is -2.95. The molecule has 1 aromatic heterocycles. The van der Waals surface area contributed by atoms with Gasteiger partial charge in [0.2, 0.25) is 0 Å². The summed E-state index contributed by atoms with van der Waals surface area (Å²) in [5.41, 5.74) is 4.26. The van der Waals surface area contributed by atoms with Crippen molar-refractivity contribution in [3.8, 4) is 5.75 Å². The molecular weight excluding hydrogens is 402 g/mol. The number of ether oxygens (including phenoxy) is 1. The van der Waals surface area contributed by atoms with E-state index in [0.29, 0.717) is 25.6 Å². The van der Waals surface area contributed by atoms with Crippen molar-refractivity contribution in [1.82, 2.24) is 15.3 Å². The summed E-state index contributed by atoms with van der Waals surface area (Å²) in [4.78, 5) is 11.0. The van der Waals surface area contributed by atoms with E-state index >= 15 is 0 Å². The van der Waals surface area contributed by atoms with E-state index in [1.165, 1.54) is 5.56 Å². The van der Waals surface area contributed by atoms with Crippen molar-refractivity contribution >= 4 is 27.2 Å². The molecule has 30 heavy (non-hydrogen) atoms. The first-order chi connectivity index (χ1) is 14.5. The zero-order valence-corrected chi connectivity index (χ0v) is 18.0. The van der Waals surface area contributed by atoms with E-state index in [4.69, 9.17) is 4.74 Å². The molecule has 5 rings (SSSR count). The van der Waals surface area contributed by atoms with E-state index in [1.54, 1.807) is 6.33 Å². The van der Waals surface area contributed by atoms with Crippen molar-refractivity contribution in [2.75, 3.05) is 47.9 Å². The zero-order chi connectivity index (χ0) is 20.7. The van der Waals surface area contributed by atoms with Crippen LogP contribution in [0.15, 0.2) is 18.5 Å². The number of nitrogens with zero attached hydrogens (tertiary/aromatic N) is 3. The molecule has 4 heterocycles. The summed E-state index contributed by atoms with van der Waals surface area (Å²) in [5, 5.41) is 6.91. The number of fused-ring (bicyclic) bond motifs is 2. The Labute approximate surface area is 177 Å². The van der Waals surface area contributed by atoms with Crippen molar-refractivity contribution in [2.24, 2.45) is 0 Å². The van der Waals surface area contributed by atoms with Gasteiger partial charge in [-0.1, -0.05) is 6.07 Å². The maximum absolute atomic E-state index is 11.8. The molecule has 8 nitrogen and oxygen atoms in total. The van der Waals surface area contributed by atoms with E-state index in [1.807, 2.05) is 4.90 Å². The van der Waals surface area contributed by atoms with Gasteiger partial charge in [0.1, 0.15) is 30.3 Å². The average molecular weight is 430 g/mol. The Morgan fingerprint density at radius 2 is 1.90 bits per heavy atom. The second-order valence-electron chi connectivity index (χ2n) is 8.32. The van der Waals surface area contributed by atoms with Crippen LogP contribution < -0.4 is 20.3 Å². The van der Waals surface area contributed by atoms with E-state index in [0.717, 1.165) is 60.1 Å². The molecule has 2 aromatic rings. The molecule has 0 saturated carbocycles. The highest BCUT2D eigenvalue weighted by Crippen LogP contribution is 2.41. The summed E-state index contributed by atoms with van der Waals surface area (Å²) < 4.78 is 29.9. The molecule has 160 valence electrons. The van der Waals surface area contributed by atoms with E-state index in [-0.39, 0.29) is 11.5 Å². The lowest BCUT2D eigenvalue weighted by molar-refractivity contribution is 0.308. The Morgan fingerprint density at radius 3 is 2.67 bits per heavy atom. The van der Waals surface area contributed by atoms with Gasteiger partial charge in [0.15, 0.2) is 9.84 Å². The topological polar surface area (TPSA) is 96.4 Å². The van der Waals surface area contributed by atoms with Gasteiger partial charge in [-0.3, -0.25) is 0 Å². The number of aryl methyl sites for hydroxylation is 1. The molecule has 3 aliphatic rings. The van der Waals surface area contributed by atoms with Crippen molar-refractivity contribution in [2.45, 2.75) is 32.3 Å². The quantitative estimate of drug-likeness (QED) is 0.750. The van der Waals surface area contributed by atoms with Crippen molar-refractivity contribution in [1.29, 1.82) is 0 Å². The average Bonchev–Trinajstić information content (AvgIpc) is 2.94. The molecule has 0 atom stereocenters. The molecule has 0 spiro atoms. The van der Waals surface area contributed by atoms with E-state index in [2.05, 4.69) is 39.7 Å². The Kier molecular flexibility index (Phi) is 5.02. The number of anilines is 3. The number of hydrogen-bond acceptors (Lipinski definition) is 8. The summed E-state index contributed by atoms with van der Waals surface area (Å²) in [5.74, 6) is 3.19. The number of aromatic nitrogens is 2. The molecule has 2 fully saturated rings. The Hall–Kier alpha value is -2.39. The monoisotopic (exact) mass is 429 g/mol. The van der Waals surface area contributed by atoms with Crippen LogP contribution in [-0.4, -0.2) is 56.1 Å². The predicted molar refractivity (Wildman–Crippen MR) is 117 cm³/mol.